The minimum atomic E-state index is -2.35. The molecule has 0 aromatic heterocycles. The maximum atomic E-state index is 11.5. The third-order valence-electron chi connectivity index (χ3n) is 0.542. The second kappa shape index (κ2) is 2.59. The van der Waals surface area contributed by atoms with Gasteiger partial charge in [-0.15, -0.1) is 0 Å². The molecule has 0 aromatic carbocycles. The molecule has 5 heteroatoms. The van der Waals surface area contributed by atoms with E-state index >= 15 is 0 Å². The highest BCUT2D eigenvalue weighted by Gasteiger charge is 2.22. The molecule has 0 aliphatic rings. The second-order valence-electron chi connectivity index (χ2n) is 2.70. The molecule has 8 heavy (non-hydrogen) atoms. The highest BCUT2D eigenvalue weighted by atomic mass is 28.3. The number of rotatable bonds is 2. The monoisotopic (exact) mass is 137 g/mol. The van der Waals surface area contributed by atoms with Gasteiger partial charge in [-0.1, -0.05) is 19.6 Å². The zero-order valence-electron chi connectivity index (χ0n) is 5.33. The van der Waals surface area contributed by atoms with Crippen LogP contribution in [0.1, 0.15) is 0 Å². The average molecular weight is 137 g/mol. The lowest BCUT2D eigenvalue weighted by molar-refractivity contribution is 0.646. The fraction of sp³-hybridized carbons (Fsp3) is 1.00. The summed E-state index contributed by atoms with van der Waals surface area (Å²) < 4.78 is 22.9. The summed E-state index contributed by atoms with van der Waals surface area (Å²) in [5, 5.41) is 0. The Morgan fingerprint density at radius 2 is 1.62 bits per heavy atom. The van der Waals surface area contributed by atoms with Crippen molar-refractivity contribution in [1.82, 2.24) is 4.89 Å². The molecule has 1 nitrogen and oxygen atoms in total. The SMILES string of the molecule is C[Si](C)(C)NB(F)F. The topological polar surface area (TPSA) is 12.0 Å². The zero-order valence-corrected chi connectivity index (χ0v) is 6.33. The molecule has 0 aromatic rings. The summed E-state index contributed by atoms with van der Waals surface area (Å²) in [4.78, 5) is 2.19. The van der Waals surface area contributed by atoms with E-state index in [-0.39, 0.29) is 0 Å². The van der Waals surface area contributed by atoms with E-state index in [0.29, 0.717) is 0 Å². The molecule has 0 amide bonds. The Bertz CT molecular complexity index is 72.2. The Labute approximate surface area is 49.8 Å². The first kappa shape index (κ1) is 8.10. The zero-order chi connectivity index (χ0) is 6.78. The first-order valence-corrected chi connectivity index (χ1v) is 5.98. The molecule has 48 valence electrons. The van der Waals surface area contributed by atoms with E-state index in [1.165, 1.54) is 0 Å². The smallest absolute Gasteiger partial charge is 0.318 e. The molecule has 1 N–H and O–H groups in total. The maximum absolute atomic E-state index is 11.5. The molecular formula is C3H10BF2NSi. The summed E-state index contributed by atoms with van der Waals surface area (Å²) in [5.74, 6) is 0. The van der Waals surface area contributed by atoms with Gasteiger partial charge in [-0.25, -0.2) is 0 Å². The lowest BCUT2D eigenvalue weighted by Gasteiger charge is -2.14. The molecule has 0 aliphatic heterocycles. The summed E-state index contributed by atoms with van der Waals surface area (Å²) in [6.45, 7) is 5.50. The highest BCUT2D eigenvalue weighted by molar-refractivity contribution is 6.80. The molecular weight excluding hydrogens is 127 g/mol. The Balaban J connectivity index is 3.39. The van der Waals surface area contributed by atoms with Gasteiger partial charge in [-0.3, -0.25) is 8.63 Å². The summed E-state index contributed by atoms with van der Waals surface area (Å²) in [7, 11) is -4.07. The number of hydrogen-bond acceptors (Lipinski definition) is 1. The van der Waals surface area contributed by atoms with Gasteiger partial charge in [0, 0.05) is 0 Å². The van der Waals surface area contributed by atoms with Crippen molar-refractivity contribution in [3.05, 3.63) is 0 Å². The van der Waals surface area contributed by atoms with Crippen LogP contribution in [-0.4, -0.2) is 15.6 Å². The van der Waals surface area contributed by atoms with E-state index in [9.17, 15) is 8.63 Å². The Kier molecular flexibility index (Phi) is 2.62. The van der Waals surface area contributed by atoms with Crippen molar-refractivity contribution in [3.8, 4) is 0 Å². The van der Waals surface area contributed by atoms with Crippen LogP contribution in [0.5, 0.6) is 0 Å². The van der Waals surface area contributed by atoms with Crippen molar-refractivity contribution < 1.29 is 8.63 Å². The van der Waals surface area contributed by atoms with Gasteiger partial charge >= 0.3 is 7.40 Å². The van der Waals surface area contributed by atoms with Crippen LogP contribution < -0.4 is 4.89 Å². The summed E-state index contributed by atoms with van der Waals surface area (Å²) in [6.07, 6.45) is 0. The van der Waals surface area contributed by atoms with Crippen molar-refractivity contribution >= 4 is 15.6 Å². The third-order valence-corrected chi connectivity index (χ3v) is 1.63. The summed E-state index contributed by atoms with van der Waals surface area (Å²) >= 11 is 0. The minimum absolute atomic E-state index is 1.72. The van der Waals surface area contributed by atoms with Crippen LogP contribution >= 0.6 is 0 Å². The molecule has 0 spiro atoms. The van der Waals surface area contributed by atoms with E-state index < -0.39 is 15.6 Å². The molecule has 0 unspecified atom stereocenters. The van der Waals surface area contributed by atoms with E-state index in [0.717, 1.165) is 0 Å². The molecule has 0 aliphatic carbocycles. The van der Waals surface area contributed by atoms with Gasteiger partial charge in [0.15, 0.2) is 0 Å². The fourth-order valence-electron chi connectivity index (χ4n) is 0.327. The molecule has 0 saturated carbocycles. The van der Waals surface area contributed by atoms with Crippen LogP contribution in [0.4, 0.5) is 8.63 Å². The largest absolute Gasteiger partial charge is 0.626 e. The van der Waals surface area contributed by atoms with Gasteiger partial charge in [-0.05, 0) is 0 Å². The highest BCUT2D eigenvalue weighted by Crippen LogP contribution is 1.95. The van der Waals surface area contributed by atoms with E-state index in [4.69, 9.17) is 0 Å². The fourth-order valence-corrected chi connectivity index (χ4v) is 0.982. The normalized spacial score (nSPS) is 11.6. The maximum Gasteiger partial charge on any atom is 0.626 e. The van der Waals surface area contributed by atoms with Crippen molar-refractivity contribution in [3.63, 3.8) is 0 Å². The average Bonchev–Trinajstić information content (AvgIpc) is 1.21. The van der Waals surface area contributed by atoms with Gasteiger partial charge in [0.25, 0.3) is 0 Å². The quantitative estimate of drug-likeness (QED) is 0.566. The lowest BCUT2D eigenvalue weighted by Crippen LogP contribution is -2.46. The summed E-state index contributed by atoms with van der Waals surface area (Å²) in [6, 6.07) is 0. The van der Waals surface area contributed by atoms with E-state index in [1.54, 1.807) is 0 Å². The second-order valence-corrected chi connectivity index (χ2v) is 7.48. The molecule has 0 atom stereocenters. The molecule has 0 radical (unpaired) electrons. The van der Waals surface area contributed by atoms with Crippen molar-refractivity contribution in [2.75, 3.05) is 0 Å². The Hall–Kier alpha value is 0.102. The molecule has 0 bridgehead atoms. The molecule has 0 saturated heterocycles. The van der Waals surface area contributed by atoms with Crippen LogP contribution in [0.25, 0.3) is 0 Å². The van der Waals surface area contributed by atoms with Crippen LogP contribution in [0.3, 0.4) is 0 Å². The molecule has 0 rings (SSSR count). The van der Waals surface area contributed by atoms with Crippen LogP contribution in [0.15, 0.2) is 0 Å². The van der Waals surface area contributed by atoms with Gasteiger partial charge in [0.2, 0.25) is 0 Å². The van der Waals surface area contributed by atoms with E-state index in [1.807, 2.05) is 19.6 Å². The lowest BCUT2D eigenvalue weighted by atomic mass is 10.3. The molecule has 0 fully saturated rings. The first-order chi connectivity index (χ1) is 3.42. The number of hydrogen-bond donors (Lipinski definition) is 1. The van der Waals surface area contributed by atoms with Gasteiger partial charge in [-0.2, -0.15) is 0 Å². The number of nitrogens with one attached hydrogen (secondary N) is 1. The van der Waals surface area contributed by atoms with Gasteiger partial charge in [0.1, 0.15) is 8.24 Å². The van der Waals surface area contributed by atoms with E-state index in [2.05, 4.69) is 4.89 Å². The van der Waals surface area contributed by atoms with Crippen molar-refractivity contribution in [2.24, 2.45) is 0 Å². The van der Waals surface area contributed by atoms with Gasteiger partial charge in [0.05, 0.1) is 0 Å². The minimum Gasteiger partial charge on any atom is -0.318 e. The van der Waals surface area contributed by atoms with Crippen LogP contribution in [-0.2, 0) is 0 Å². The Morgan fingerprint density at radius 1 is 1.25 bits per heavy atom. The third kappa shape index (κ3) is 6.10. The predicted molar refractivity (Wildman–Crippen MR) is 34.5 cm³/mol. The van der Waals surface area contributed by atoms with Crippen LogP contribution in [0, 0.1) is 0 Å². The number of halogens is 2. The predicted octanol–water partition coefficient (Wildman–Crippen LogP) is 1.33. The summed E-state index contributed by atoms with van der Waals surface area (Å²) in [5.41, 5.74) is 0. The van der Waals surface area contributed by atoms with Crippen molar-refractivity contribution in [1.29, 1.82) is 0 Å². The Morgan fingerprint density at radius 3 is 1.62 bits per heavy atom. The van der Waals surface area contributed by atoms with Gasteiger partial charge < -0.3 is 4.89 Å². The van der Waals surface area contributed by atoms with Crippen LogP contribution in [0.2, 0.25) is 19.6 Å². The molecule has 0 heterocycles. The first-order valence-electron chi connectivity index (χ1n) is 2.48. The standard InChI is InChI=1S/C3H10BF2NSi/c1-8(2,3)7-4(5)6/h7H,1-3H3. The van der Waals surface area contributed by atoms with Crippen molar-refractivity contribution in [2.45, 2.75) is 19.6 Å².